The molecular weight excluding hydrogens is 314 g/mol. The van der Waals surface area contributed by atoms with Crippen LogP contribution in [0.15, 0.2) is 48.5 Å². The third kappa shape index (κ3) is 3.65. The molecule has 2 aromatic rings. The van der Waals surface area contributed by atoms with Gasteiger partial charge in [0.15, 0.2) is 0 Å². The highest BCUT2D eigenvalue weighted by Gasteiger charge is 2.38. The Bertz CT molecular complexity index is 786. The maximum atomic E-state index is 12.9. The highest BCUT2D eigenvalue weighted by molar-refractivity contribution is 5.89. The fourth-order valence-electron chi connectivity index (χ4n) is 3.51. The summed E-state index contributed by atoms with van der Waals surface area (Å²) < 4.78 is 0. The number of amides is 3. The Balaban J connectivity index is 1.68. The number of nitrogens with one attached hydrogen (secondary N) is 2. The molecule has 130 valence electrons. The van der Waals surface area contributed by atoms with E-state index >= 15 is 0 Å². The van der Waals surface area contributed by atoms with Gasteiger partial charge >= 0.3 is 6.03 Å². The minimum Gasteiger partial charge on any atom is -0.351 e. The maximum absolute atomic E-state index is 12.9. The predicted octanol–water partition coefficient (Wildman–Crippen LogP) is 3.09. The normalized spacial score (nSPS) is 18.9. The number of hydrogen-bond acceptors (Lipinski definition) is 2. The number of nitrogens with two attached hydrogens (primary N) is 1. The van der Waals surface area contributed by atoms with Gasteiger partial charge in [-0.2, -0.15) is 0 Å². The van der Waals surface area contributed by atoms with Crippen molar-refractivity contribution in [1.29, 1.82) is 0 Å². The van der Waals surface area contributed by atoms with Gasteiger partial charge in [-0.1, -0.05) is 36.4 Å². The molecule has 0 aliphatic heterocycles. The number of primary amides is 1. The quantitative estimate of drug-likeness (QED) is 0.801. The number of urea groups is 1. The summed E-state index contributed by atoms with van der Waals surface area (Å²) in [6.07, 6.45) is 2.92. The van der Waals surface area contributed by atoms with Crippen molar-refractivity contribution in [3.63, 3.8) is 0 Å². The number of anilines is 1. The summed E-state index contributed by atoms with van der Waals surface area (Å²) in [5, 5.41) is 5.58. The molecule has 0 saturated heterocycles. The largest absolute Gasteiger partial charge is 0.351 e. The predicted molar refractivity (Wildman–Crippen MR) is 98.2 cm³/mol. The lowest BCUT2D eigenvalue weighted by atomic mass is 9.70. The van der Waals surface area contributed by atoms with Crippen molar-refractivity contribution in [2.45, 2.75) is 38.1 Å². The molecule has 0 bridgehead atoms. The Morgan fingerprint density at radius 2 is 1.84 bits per heavy atom. The third-order valence-corrected chi connectivity index (χ3v) is 4.91. The molecule has 0 saturated carbocycles. The van der Waals surface area contributed by atoms with Crippen LogP contribution >= 0.6 is 0 Å². The summed E-state index contributed by atoms with van der Waals surface area (Å²) >= 11 is 0. The van der Waals surface area contributed by atoms with Gasteiger partial charge in [0.1, 0.15) is 0 Å². The Kier molecular flexibility index (Phi) is 4.74. The van der Waals surface area contributed by atoms with E-state index in [4.69, 9.17) is 5.73 Å². The molecule has 1 aliphatic rings. The van der Waals surface area contributed by atoms with Crippen molar-refractivity contribution in [3.05, 3.63) is 65.2 Å². The molecule has 0 spiro atoms. The van der Waals surface area contributed by atoms with Crippen LogP contribution in [-0.2, 0) is 23.2 Å². The van der Waals surface area contributed by atoms with Crippen LogP contribution in [0.1, 0.15) is 36.5 Å². The van der Waals surface area contributed by atoms with Crippen LogP contribution in [0.4, 0.5) is 10.5 Å². The van der Waals surface area contributed by atoms with Crippen LogP contribution in [0.3, 0.4) is 0 Å². The molecule has 5 nitrogen and oxygen atoms in total. The molecule has 0 radical (unpaired) electrons. The summed E-state index contributed by atoms with van der Waals surface area (Å²) in [6.45, 7) is 2.48. The lowest BCUT2D eigenvalue weighted by Crippen LogP contribution is -2.44. The van der Waals surface area contributed by atoms with Gasteiger partial charge in [-0.25, -0.2) is 4.79 Å². The number of hydrogen-bond donors (Lipinski definition) is 3. The number of carbonyl (C=O) groups is 2. The van der Waals surface area contributed by atoms with Crippen LogP contribution in [0.25, 0.3) is 0 Å². The van der Waals surface area contributed by atoms with E-state index in [1.54, 1.807) is 12.1 Å². The zero-order chi connectivity index (χ0) is 17.9. The lowest BCUT2D eigenvalue weighted by molar-refractivity contribution is -0.126. The van der Waals surface area contributed by atoms with Gasteiger partial charge in [-0.05, 0) is 55.0 Å². The molecule has 0 aromatic heterocycles. The average molecular weight is 337 g/mol. The summed E-state index contributed by atoms with van der Waals surface area (Å²) in [7, 11) is 0. The topological polar surface area (TPSA) is 84.2 Å². The van der Waals surface area contributed by atoms with E-state index in [0.29, 0.717) is 12.2 Å². The van der Waals surface area contributed by atoms with Gasteiger partial charge in [0.25, 0.3) is 0 Å². The molecule has 1 aliphatic carbocycles. The fourth-order valence-corrected chi connectivity index (χ4v) is 3.51. The minimum absolute atomic E-state index is 0.0546. The van der Waals surface area contributed by atoms with Crippen LogP contribution in [-0.4, -0.2) is 11.9 Å². The van der Waals surface area contributed by atoms with Crippen molar-refractivity contribution in [3.8, 4) is 0 Å². The lowest BCUT2D eigenvalue weighted by Gasteiger charge is -2.34. The highest BCUT2D eigenvalue weighted by atomic mass is 16.2. The average Bonchev–Trinajstić information content (AvgIpc) is 2.61. The molecular formula is C20H23N3O2. The third-order valence-electron chi connectivity index (χ3n) is 4.91. The smallest absolute Gasteiger partial charge is 0.316 e. The molecule has 2 aromatic carbocycles. The Hall–Kier alpha value is -2.82. The molecule has 0 fully saturated rings. The minimum atomic E-state index is -0.593. The second-order valence-corrected chi connectivity index (χ2v) is 6.71. The summed E-state index contributed by atoms with van der Waals surface area (Å²) in [5.41, 5.74) is 8.62. The number of benzene rings is 2. The van der Waals surface area contributed by atoms with Crippen molar-refractivity contribution in [1.82, 2.24) is 5.32 Å². The first-order valence-electron chi connectivity index (χ1n) is 8.51. The van der Waals surface area contributed by atoms with Crippen LogP contribution < -0.4 is 16.4 Å². The first-order chi connectivity index (χ1) is 12.0. The van der Waals surface area contributed by atoms with Crippen LogP contribution in [0, 0.1) is 0 Å². The van der Waals surface area contributed by atoms with Crippen LogP contribution in [0.5, 0.6) is 0 Å². The summed E-state index contributed by atoms with van der Waals surface area (Å²) in [4.78, 5) is 23.7. The molecule has 1 atom stereocenters. The van der Waals surface area contributed by atoms with E-state index in [9.17, 15) is 9.59 Å². The van der Waals surface area contributed by atoms with E-state index in [2.05, 4.69) is 22.8 Å². The van der Waals surface area contributed by atoms with E-state index in [1.165, 1.54) is 5.56 Å². The first kappa shape index (κ1) is 17.0. The second-order valence-electron chi connectivity index (χ2n) is 6.71. The number of carbonyl (C=O) groups excluding carboxylic acids is 2. The van der Waals surface area contributed by atoms with Gasteiger partial charge < -0.3 is 16.4 Å². The van der Waals surface area contributed by atoms with Gasteiger partial charge in [0.2, 0.25) is 5.91 Å². The van der Waals surface area contributed by atoms with Crippen molar-refractivity contribution < 1.29 is 9.59 Å². The van der Waals surface area contributed by atoms with Gasteiger partial charge in [0.05, 0.1) is 5.41 Å². The summed E-state index contributed by atoms with van der Waals surface area (Å²) in [5.74, 6) is 0.0546. The molecule has 25 heavy (non-hydrogen) atoms. The zero-order valence-electron chi connectivity index (χ0n) is 14.3. The molecule has 0 heterocycles. The first-order valence-corrected chi connectivity index (χ1v) is 8.51. The number of rotatable bonds is 4. The molecule has 3 rings (SSSR count). The van der Waals surface area contributed by atoms with E-state index in [-0.39, 0.29) is 5.91 Å². The fraction of sp³-hybridized carbons (Fsp3) is 0.300. The van der Waals surface area contributed by atoms with Crippen molar-refractivity contribution in [2.75, 3.05) is 5.32 Å². The second kappa shape index (κ2) is 6.97. The molecule has 0 unspecified atom stereocenters. The number of fused-ring (bicyclic) bond motifs is 1. The SMILES string of the molecule is C[C@@]1(C(=O)NCc2ccc(NC(N)=O)cc2)CCCc2ccccc21. The highest BCUT2D eigenvalue weighted by Crippen LogP contribution is 2.37. The molecule has 4 N–H and O–H groups in total. The maximum Gasteiger partial charge on any atom is 0.316 e. The Morgan fingerprint density at radius 1 is 1.12 bits per heavy atom. The van der Waals surface area contributed by atoms with E-state index in [1.807, 2.05) is 31.2 Å². The molecule has 5 heteroatoms. The van der Waals surface area contributed by atoms with E-state index in [0.717, 1.165) is 30.4 Å². The Morgan fingerprint density at radius 3 is 2.56 bits per heavy atom. The van der Waals surface area contributed by atoms with Gasteiger partial charge in [-0.3, -0.25) is 4.79 Å². The van der Waals surface area contributed by atoms with Crippen molar-refractivity contribution in [2.24, 2.45) is 5.73 Å². The standard InChI is InChI=1S/C20H23N3O2/c1-20(12-4-6-15-5-2-3-7-17(15)20)18(24)22-13-14-8-10-16(11-9-14)23-19(21)25/h2-3,5,7-11H,4,6,12-13H2,1H3,(H,22,24)(H3,21,23,25)/t20-/m1/s1. The number of aryl methyl sites for hydroxylation is 1. The monoisotopic (exact) mass is 337 g/mol. The molecule has 3 amide bonds. The van der Waals surface area contributed by atoms with Gasteiger partial charge in [-0.15, -0.1) is 0 Å². The Labute approximate surface area is 147 Å². The van der Waals surface area contributed by atoms with E-state index < -0.39 is 11.4 Å². The zero-order valence-corrected chi connectivity index (χ0v) is 14.3. The van der Waals surface area contributed by atoms with Crippen LogP contribution in [0.2, 0.25) is 0 Å². The van der Waals surface area contributed by atoms with Gasteiger partial charge in [0, 0.05) is 12.2 Å². The van der Waals surface area contributed by atoms with Crippen molar-refractivity contribution >= 4 is 17.6 Å². The summed E-state index contributed by atoms with van der Waals surface area (Å²) in [6, 6.07) is 14.9.